The summed E-state index contributed by atoms with van der Waals surface area (Å²) in [6.07, 6.45) is 4.15. The van der Waals surface area contributed by atoms with E-state index in [0.29, 0.717) is 30.9 Å². The second kappa shape index (κ2) is 7.81. The smallest absolute Gasteiger partial charge is 0.326 e. The molecule has 0 saturated carbocycles. The van der Waals surface area contributed by atoms with E-state index in [1.165, 1.54) is 4.90 Å². The Labute approximate surface area is 136 Å². The molecule has 1 aliphatic rings. The number of rotatable bonds is 5. The average molecular weight is 317 g/mol. The molecule has 1 aromatic carbocycles. The van der Waals surface area contributed by atoms with Crippen LogP contribution in [0.5, 0.6) is 5.75 Å². The number of carboxylic acids is 1. The van der Waals surface area contributed by atoms with Crippen molar-refractivity contribution in [3.8, 4) is 5.75 Å². The molecule has 1 fully saturated rings. The third-order valence-corrected chi connectivity index (χ3v) is 3.87. The van der Waals surface area contributed by atoms with E-state index in [-0.39, 0.29) is 5.91 Å². The van der Waals surface area contributed by atoms with Crippen molar-refractivity contribution in [1.29, 1.82) is 0 Å². The first-order valence-electron chi connectivity index (χ1n) is 7.89. The number of carbonyl (C=O) groups is 2. The molecule has 124 valence electrons. The summed E-state index contributed by atoms with van der Waals surface area (Å²) in [5.74, 6) is -0.573. The summed E-state index contributed by atoms with van der Waals surface area (Å²) in [7, 11) is 0. The van der Waals surface area contributed by atoms with E-state index in [0.717, 1.165) is 18.4 Å². The van der Waals surface area contributed by atoms with Gasteiger partial charge in [0.05, 0.1) is 0 Å². The molecule has 0 aromatic heterocycles. The van der Waals surface area contributed by atoms with Gasteiger partial charge in [-0.25, -0.2) is 4.79 Å². The van der Waals surface area contributed by atoms with Crippen LogP contribution in [0.3, 0.4) is 0 Å². The van der Waals surface area contributed by atoms with Crippen molar-refractivity contribution in [2.24, 2.45) is 0 Å². The number of hydrogen-bond acceptors (Lipinski definition) is 3. The van der Waals surface area contributed by atoms with Crippen LogP contribution in [0.4, 0.5) is 0 Å². The minimum absolute atomic E-state index is 0.246. The quantitative estimate of drug-likeness (QED) is 0.847. The monoisotopic (exact) mass is 317 g/mol. The van der Waals surface area contributed by atoms with Crippen molar-refractivity contribution in [2.75, 3.05) is 13.2 Å². The van der Waals surface area contributed by atoms with E-state index >= 15 is 0 Å². The van der Waals surface area contributed by atoms with Crippen LogP contribution in [0.15, 0.2) is 35.9 Å². The summed E-state index contributed by atoms with van der Waals surface area (Å²) in [6, 6.07) is 6.19. The summed E-state index contributed by atoms with van der Waals surface area (Å²) in [5.41, 5.74) is 1.63. The van der Waals surface area contributed by atoms with E-state index in [2.05, 4.69) is 0 Å². The lowest BCUT2D eigenvalue weighted by atomic mass is 10.0. The highest BCUT2D eigenvalue weighted by molar-refractivity contribution is 5.97. The van der Waals surface area contributed by atoms with Gasteiger partial charge in [-0.1, -0.05) is 11.6 Å². The minimum Gasteiger partial charge on any atom is -0.490 e. The molecular formula is C18H23NO4. The normalized spacial score (nSPS) is 17.5. The first-order valence-corrected chi connectivity index (χ1v) is 7.89. The third-order valence-electron chi connectivity index (χ3n) is 3.87. The lowest BCUT2D eigenvalue weighted by Crippen LogP contribution is -2.47. The first-order chi connectivity index (χ1) is 11.0. The van der Waals surface area contributed by atoms with Crippen molar-refractivity contribution in [3.05, 3.63) is 41.5 Å². The number of amides is 1. The number of carboxylic acid groups (broad SMARTS) is 1. The van der Waals surface area contributed by atoms with E-state index in [1.807, 2.05) is 19.9 Å². The molecule has 1 atom stereocenters. The van der Waals surface area contributed by atoms with Gasteiger partial charge in [-0.15, -0.1) is 0 Å². The van der Waals surface area contributed by atoms with Gasteiger partial charge in [0.25, 0.3) is 5.91 Å². The predicted octanol–water partition coefficient (Wildman–Crippen LogP) is 3.11. The number of nitrogens with zero attached hydrogens (tertiary/aromatic N) is 1. The Bertz CT molecular complexity index is 605. The zero-order valence-corrected chi connectivity index (χ0v) is 13.6. The Morgan fingerprint density at radius 1 is 1.35 bits per heavy atom. The van der Waals surface area contributed by atoms with Gasteiger partial charge in [0.15, 0.2) is 0 Å². The second-order valence-electron chi connectivity index (χ2n) is 5.97. The summed E-state index contributed by atoms with van der Waals surface area (Å²) in [5, 5.41) is 9.30. The number of likely N-dealkylation sites (tertiary alicyclic amines) is 1. The molecule has 1 amide bonds. The molecule has 1 unspecified atom stereocenters. The van der Waals surface area contributed by atoms with Crippen molar-refractivity contribution in [2.45, 2.75) is 39.2 Å². The van der Waals surface area contributed by atoms with Crippen molar-refractivity contribution in [1.82, 2.24) is 4.90 Å². The van der Waals surface area contributed by atoms with Crippen LogP contribution in [-0.4, -0.2) is 41.1 Å². The standard InChI is InChI=1S/C18H23NO4/c1-13(2)9-11-23-15-7-5-6-14(12-15)17(20)19-10-4-3-8-16(19)18(21)22/h5-7,9,12,16H,3-4,8,10-11H2,1-2H3,(H,21,22). The number of piperidine rings is 1. The maximum absolute atomic E-state index is 12.6. The maximum atomic E-state index is 12.6. The number of aliphatic carboxylic acids is 1. The van der Waals surface area contributed by atoms with Gasteiger partial charge in [-0.2, -0.15) is 0 Å². The van der Waals surface area contributed by atoms with Gasteiger partial charge in [-0.05, 0) is 57.4 Å². The molecule has 0 radical (unpaired) electrons. The van der Waals surface area contributed by atoms with E-state index in [1.54, 1.807) is 24.3 Å². The molecular weight excluding hydrogens is 294 g/mol. The summed E-state index contributed by atoms with van der Waals surface area (Å²) >= 11 is 0. The zero-order valence-electron chi connectivity index (χ0n) is 13.6. The molecule has 1 aromatic rings. The highest BCUT2D eigenvalue weighted by atomic mass is 16.5. The molecule has 1 heterocycles. The second-order valence-corrected chi connectivity index (χ2v) is 5.97. The van der Waals surface area contributed by atoms with Crippen molar-refractivity contribution < 1.29 is 19.4 Å². The molecule has 1 aliphatic heterocycles. The Kier molecular flexibility index (Phi) is 5.79. The van der Waals surface area contributed by atoms with Crippen LogP contribution >= 0.6 is 0 Å². The fourth-order valence-electron chi connectivity index (χ4n) is 2.62. The molecule has 0 aliphatic carbocycles. The van der Waals surface area contributed by atoms with E-state index < -0.39 is 12.0 Å². The van der Waals surface area contributed by atoms with Gasteiger partial charge < -0.3 is 14.7 Å². The third kappa shape index (κ3) is 4.58. The first kappa shape index (κ1) is 17.1. The number of ether oxygens (including phenoxy) is 1. The Balaban J connectivity index is 2.12. The molecule has 2 rings (SSSR count). The van der Waals surface area contributed by atoms with Crippen molar-refractivity contribution in [3.63, 3.8) is 0 Å². The molecule has 5 nitrogen and oxygen atoms in total. The molecule has 23 heavy (non-hydrogen) atoms. The van der Waals surface area contributed by atoms with Gasteiger partial charge in [0, 0.05) is 12.1 Å². The highest BCUT2D eigenvalue weighted by Crippen LogP contribution is 2.22. The number of hydrogen-bond donors (Lipinski definition) is 1. The molecule has 1 saturated heterocycles. The number of benzene rings is 1. The fourth-order valence-corrected chi connectivity index (χ4v) is 2.62. The van der Waals surface area contributed by atoms with Gasteiger partial charge in [0.2, 0.25) is 0 Å². The number of carbonyl (C=O) groups excluding carboxylic acids is 1. The molecule has 0 bridgehead atoms. The highest BCUT2D eigenvalue weighted by Gasteiger charge is 2.32. The van der Waals surface area contributed by atoms with Crippen LogP contribution in [-0.2, 0) is 4.79 Å². The number of allylic oxidation sites excluding steroid dienone is 1. The predicted molar refractivity (Wildman–Crippen MR) is 87.7 cm³/mol. The Morgan fingerprint density at radius 3 is 2.83 bits per heavy atom. The van der Waals surface area contributed by atoms with Crippen molar-refractivity contribution >= 4 is 11.9 Å². The van der Waals surface area contributed by atoms with Gasteiger partial charge in [-0.3, -0.25) is 4.79 Å². The summed E-state index contributed by atoms with van der Waals surface area (Å²) in [6.45, 7) is 4.91. The average Bonchev–Trinajstić information content (AvgIpc) is 2.54. The Morgan fingerprint density at radius 2 is 2.13 bits per heavy atom. The van der Waals surface area contributed by atoms with Crippen LogP contribution in [0.25, 0.3) is 0 Å². The van der Waals surface area contributed by atoms with Crippen LogP contribution in [0, 0.1) is 0 Å². The largest absolute Gasteiger partial charge is 0.490 e. The van der Waals surface area contributed by atoms with Gasteiger partial charge in [0.1, 0.15) is 18.4 Å². The lowest BCUT2D eigenvalue weighted by molar-refractivity contribution is -0.143. The molecule has 0 spiro atoms. The SMILES string of the molecule is CC(C)=CCOc1cccc(C(=O)N2CCCCC2C(=O)O)c1. The fraction of sp³-hybridized carbons (Fsp3) is 0.444. The van der Waals surface area contributed by atoms with Crippen LogP contribution < -0.4 is 4.74 Å². The van der Waals surface area contributed by atoms with E-state index in [4.69, 9.17) is 4.74 Å². The lowest BCUT2D eigenvalue weighted by Gasteiger charge is -2.33. The molecule has 5 heteroatoms. The maximum Gasteiger partial charge on any atom is 0.326 e. The van der Waals surface area contributed by atoms with Gasteiger partial charge >= 0.3 is 5.97 Å². The Hall–Kier alpha value is -2.30. The van der Waals surface area contributed by atoms with E-state index in [9.17, 15) is 14.7 Å². The molecule has 1 N–H and O–H groups in total. The van der Waals surface area contributed by atoms with Crippen LogP contribution in [0.1, 0.15) is 43.5 Å². The summed E-state index contributed by atoms with van der Waals surface area (Å²) in [4.78, 5) is 25.5. The summed E-state index contributed by atoms with van der Waals surface area (Å²) < 4.78 is 5.61. The zero-order chi connectivity index (χ0) is 16.8. The van der Waals surface area contributed by atoms with Crippen LogP contribution in [0.2, 0.25) is 0 Å². The topological polar surface area (TPSA) is 66.8 Å². The minimum atomic E-state index is -0.936.